The molecule has 0 spiro atoms. The summed E-state index contributed by atoms with van der Waals surface area (Å²) in [6.07, 6.45) is 5.85. The van der Waals surface area contributed by atoms with Gasteiger partial charge in [-0.3, -0.25) is 0 Å². The molecule has 0 N–H and O–H groups in total. The molecule has 1 fully saturated rings. The minimum absolute atomic E-state index is 0.986. The number of rotatable bonds is 5. The average molecular weight is 218 g/mol. The summed E-state index contributed by atoms with van der Waals surface area (Å²) < 4.78 is 0. The van der Waals surface area contributed by atoms with E-state index in [0.717, 1.165) is 12.3 Å². The van der Waals surface area contributed by atoms with Crippen LogP contribution in [0.25, 0.3) is 0 Å². The van der Waals surface area contributed by atoms with E-state index in [0.29, 0.717) is 0 Å². The largest absolute Gasteiger partial charge is 0.126 e. The van der Waals surface area contributed by atoms with Crippen LogP contribution in [0.4, 0.5) is 0 Å². The molecule has 2 rings (SSSR count). The second-order valence-electron chi connectivity index (χ2n) is 4.34. The Labute approximate surface area is 96.8 Å². The lowest BCUT2D eigenvalue weighted by atomic mass is 10.1. The number of aryl methyl sites for hydroxylation is 1. The Bertz CT molecular complexity index is 350. The summed E-state index contributed by atoms with van der Waals surface area (Å²) in [5, 5.41) is 0. The van der Waals surface area contributed by atoms with Crippen molar-refractivity contribution in [3.8, 4) is 0 Å². The zero-order chi connectivity index (χ0) is 10.7. The molecule has 0 radical (unpaired) electrons. The Morgan fingerprint density at radius 1 is 1.47 bits per heavy atom. The van der Waals surface area contributed by atoms with Crippen LogP contribution in [0.15, 0.2) is 35.7 Å². The predicted molar refractivity (Wildman–Crippen MR) is 68.5 cm³/mol. The molecule has 0 unspecified atom stereocenters. The maximum atomic E-state index is 3.78. The van der Waals surface area contributed by atoms with Crippen molar-refractivity contribution in [2.45, 2.75) is 31.1 Å². The fraction of sp³-hybridized carbons (Fsp3) is 0.429. The quantitative estimate of drug-likeness (QED) is 0.526. The Kier molecular flexibility index (Phi) is 3.53. The van der Waals surface area contributed by atoms with Crippen molar-refractivity contribution < 1.29 is 0 Å². The van der Waals surface area contributed by atoms with Crippen LogP contribution in [-0.4, -0.2) is 5.75 Å². The predicted octanol–water partition coefficient (Wildman–Crippen LogP) is 4.23. The van der Waals surface area contributed by atoms with Crippen molar-refractivity contribution in [3.63, 3.8) is 0 Å². The lowest BCUT2D eigenvalue weighted by Gasteiger charge is -2.06. The van der Waals surface area contributed by atoms with Crippen LogP contribution in [0.5, 0.6) is 0 Å². The van der Waals surface area contributed by atoms with Gasteiger partial charge in [-0.1, -0.05) is 12.1 Å². The van der Waals surface area contributed by atoms with Crippen LogP contribution in [-0.2, 0) is 6.42 Å². The van der Waals surface area contributed by atoms with Crippen LogP contribution in [0.2, 0.25) is 0 Å². The first-order valence-corrected chi connectivity index (χ1v) is 6.61. The molecule has 15 heavy (non-hydrogen) atoms. The van der Waals surface area contributed by atoms with Gasteiger partial charge in [0.1, 0.15) is 0 Å². The van der Waals surface area contributed by atoms with Gasteiger partial charge in [-0.2, -0.15) is 0 Å². The minimum atomic E-state index is 0.986. The van der Waals surface area contributed by atoms with Crippen LogP contribution in [0, 0.1) is 12.8 Å². The number of allylic oxidation sites excluding steroid dienone is 1. The highest BCUT2D eigenvalue weighted by Gasteiger charge is 2.20. The third-order valence-corrected chi connectivity index (χ3v) is 4.09. The molecule has 0 bridgehead atoms. The van der Waals surface area contributed by atoms with Gasteiger partial charge < -0.3 is 0 Å². The van der Waals surface area contributed by atoms with Gasteiger partial charge in [-0.05, 0) is 55.4 Å². The zero-order valence-corrected chi connectivity index (χ0v) is 10.1. The highest BCUT2D eigenvalue weighted by molar-refractivity contribution is 7.99. The van der Waals surface area contributed by atoms with E-state index >= 15 is 0 Å². The molecule has 1 saturated carbocycles. The topological polar surface area (TPSA) is 0 Å². The molecule has 0 amide bonds. The summed E-state index contributed by atoms with van der Waals surface area (Å²) in [6.45, 7) is 5.98. The summed E-state index contributed by atoms with van der Waals surface area (Å²) in [5.74, 6) is 2.31. The second kappa shape index (κ2) is 4.89. The van der Waals surface area contributed by atoms with E-state index in [1.54, 1.807) is 0 Å². The van der Waals surface area contributed by atoms with Gasteiger partial charge in [0.15, 0.2) is 0 Å². The van der Waals surface area contributed by atoms with Crippen molar-refractivity contribution in [3.05, 3.63) is 42.0 Å². The van der Waals surface area contributed by atoms with Gasteiger partial charge in [0.25, 0.3) is 0 Å². The van der Waals surface area contributed by atoms with Gasteiger partial charge in [0, 0.05) is 10.6 Å². The van der Waals surface area contributed by atoms with E-state index in [9.17, 15) is 0 Å². The third kappa shape index (κ3) is 3.13. The lowest BCUT2D eigenvalue weighted by Crippen LogP contribution is -1.88. The summed E-state index contributed by atoms with van der Waals surface area (Å²) in [6, 6.07) is 6.80. The molecular formula is C14H18S. The second-order valence-corrected chi connectivity index (χ2v) is 5.43. The van der Waals surface area contributed by atoms with E-state index in [4.69, 9.17) is 0 Å². The van der Waals surface area contributed by atoms with E-state index in [1.807, 2.05) is 17.8 Å². The Balaban J connectivity index is 1.99. The maximum absolute atomic E-state index is 3.78. The van der Waals surface area contributed by atoms with Crippen molar-refractivity contribution in [1.29, 1.82) is 0 Å². The number of thioether (sulfide) groups is 1. The van der Waals surface area contributed by atoms with Crippen LogP contribution in [0.3, 0.4) is 0 Å². The van der Waals surface area contributed by atoms with Crippen molar-refractivity contribution in [2.24, 2.45) is 5.92 Å². The minimum Gasteiger partial charge on any atom is -0.126 e. The van der Waals surface area contributed by atoms with Crippen molar-refractivity contribution in [2.75, 3.05) is 5.75 Å². The fourth-order valence-electron chi connectivity index (χ4n) is 1.64. The number of benzene rings is 1. The molecule has 0 aromatic heterocycles. The normalized spacial score (nSPS) is 15.3. The van der Waals surface area contributed by atoms with Gasteiger partial charge in [-0.15, -0.1) is 18.3 Å². The van der Waals surface area contributed by atoms with Crippen LogP contribution >= 0.6 is 11.8 Å². The molecule has 1 aromatic rings. The third-order valence-electron chi connectivity index (χ3n) is 2.86. The maximum Gasteiger partial charge on any atom is 0.00748 e. The fourth-order valence-corrected chi connectivity index (χ4v) is 2.83. The van der Waals surface area contributed by atoms with Crippen molar-refractivity contribution in [1.82, 2.24) is 0 Å². The number of hydrogen-bond donors (Lipinski definition) is 0. The Morgan fingerprint density at radius 2 is 2.27 bits per heavy atom. The molecule has 1 aliphatic carbocycles. The zero-order valence-electron chi connectivity index (χ0n) is 9.33. The summed E-state index contributed by atoms with van der Waals surface area (Å²) in [4.78, 5) is 1.42. The van der Waals surface area contributed by atoms with Crippen molar-refractivity contribution >= 4 is 11.8 Å². The molecule has 0 heterocycles. The van der Waals surface area contributed by atoms with E-state index in [-0.39, 0.29) is 0 Å². The molecule has 1 aromatic carbocycles. The van der Waals surface area contributed by atoms with E-state index in [2.05, 4.69) is 31.7 Å². The van der Waals surface area contributed by atoms with Gasteiger partial charge in [0.05, 0.1) is 0 Å². The molecule has 0 aliphatic heterocycles. The lowest BCUT2D eigenvalue weighted by molar-refractivity contribution is 0.999. The van der Waals surface area contributed by atoms with E-state index < -0.39 is 0 Å². The van der Waals surface area contributed by atoms with Gasteiger partial charge in [0.2, 0.25) is 0 Å². The molecule has 0 saturated heterocycles. The van der Waals surface area contributed by atoms with Crippen LogP contribution < -0.4 is 0 Å². The summed E-state index contributed by atoms with van der Waals surface area (Å²) in [7, 11) is 0. The van der Waals surface area contributed by atoms with Gasteiger partial charge in [-0.25, -0.2) is 0 Å². The molecule has 1 heteroatoms. The molecular weight excluding hydrogens is 200 g/mol. The van der Waals surface area contributed by atoms with Crippen LogP contribution in [0.1, 0.15) is 24.0 Å². The summed E-state index contributed by atoms with van der Waals surface area (Å²) >= 11 is 2.01. The SMILES string of the molecule is C=CCc1ccc(SCC2CC2)cc1C. The molecule has 1 aliphatic rings. The first kappa shape index (κ1) is 10.8. The standard InChI is InChI=1S/C14H18S/c1-3-4-13-7-8-14(9-11(13)2)15-10-12-5-6-12/h3,7-9,12H,1,4-6,10H2,2H3. The summed E-state index contributed by atoms with van der Waals surface area (Å²) in [5.41, 5.74) is 2.80. The highest BCUT2D eigenvalue weighted by atomic mass is 32.2. The molecule has 0 nitrogen and oxygen atoms in total. The Morgan fingerprint density at radius 3 is 2.87 bits per heavy atom. The smallest absolute Gasteiger partial charge is 0.00748 e. The van der Waals surface area contributed by atoms with Gasteiger partial charge >= 0.3 is 0 Å². The highest BCUT2D eigenvalue weighted by Crippen LogP contribution is 2.35. The number of hydrogen-bond acceptors (Lipinski definition) is 1. The first-order valence-electron chi connectivity index (χ1n) is 5.63. The Hall–Kier alpha value is -0.690. The molecule has 0 atom stereocenters. The first-order chi connectivity index (χ1) is 7.29. The average Bonchev–Trinajstić information content (AvgIpc) is 3.03. The monoisotopic (exact) mass is 218 g/mol. The molecule has 80 valence electrons. The van der Waals surface area contributed by atoms with E-state index in [1.165, 1.54) is 34.6 Å².